The molecule has 5 nitrogen and oxygen atoms in total. The predicted molar refractivity (Wildman–Crippen MR) is 92.7 cm³/mol. The van der Waals surface area contributed by atoms with Crippen LogP contribution >= 0.6 is 27.5 Å². The molecule has 0 aliphatic heterocycles. The number of halogens is 2. The maximum Gasteiger partial charge on any atom is 0.258 e. The molecule has 2 rings (SSSR count). The third-order valence-corrected chi connectivity index (χ3v) is 3.48. The molecule has 0 heterocycles. The molecule has 0 aliphatic carbocycles. The van der Waals surface area contributed by atoms with E-state index in [0.717, 1.165) is 4.47 Å². The van der Waals surface area contributed by atoms with Gasteiger partial charge in [-0.05, 0) is 42.5 Å². The summed E-state index contributed by atoms with van der Waals surface area (Å²) in [6.45, 7) is -0.304. The Kier molecular flexibility index (Phi) is 6.43. The van der Waals surface area contributed by atoms with E-state index in [2.05, 4.69) is 26.6 Å². The van der Waals surface area contributed by atoms with Gasteiger partial charge in [-0.2, -0.15) is 0 Å². The molecule has 0 fully saturated rings. The largest absolute Gasteiger partial charge is 0.484 e. The van der Waals surface area contributed by atoms with E-state index in [1.54, 1.807) is 42.5 Å². The number of amides is 2. The van der Waals surface area contributed by atoms with Crippen LogP contribution in [0, 0.1) is 0 Å². The zero-order valence-electron chi connectivity index (χ0n) is 12.0. The van der Waals surface area contributed by atoms with Crippen molar-refractivity contribution in [2.24, 2.45) is 0 Å². The van der Waals surface area contributed by atoms with Crippen LogP contribution < -0.4 is 15.4 Å². The molecular weight excluding hydrogens is 384 g/mol. The van der Waals surface area contributed by atoms with Gasteiger partial charge in [0, 0.05) is 15.2 Å². The van der Waals surface area contributed by atoms with Crippen LogP contribution in [0.25, 0.3) is 0 Å². The third-order valence-electron chi connectivity index (χ3n) is 2.74. The molecule has 2 aromatic carbocycles. The summed E-state index contributed by atoms with van der Waals surface area (Å²) in [6.07, 6.45) is 0. The summed E-state index contributed by atoms with van der Waals surface area (Å²) < 4.78 is 6.14. The van der Waals surface area contributed by atoms with Crippen LogP contribution in [0.15, 0.2) is 53.0 Å². The molecule has 0 saturated heterocycles. The summed E-state index contributed by atoms with van der Waals surface area (Å²) >= 11 is 9.07. The van der Waals surface area contributed by atoms with Gasteiger partial charge in [0.15, 0.2) is 6.61 Å². The van der Waals surface area contributed by atoms with E-state index in [-0.39, 0.29) is 25.0 Å². The molecule has 0 saturated carbocycles. The molecule has 2 amide bonds. The Morgan fingerprint density at radius 1 is 1.09 bits per heavy atom. The fraction of sp³-hybridized carbons (Fsp3) is 0.125. The van der Waals surface area contributed by atoms with Gasteiger partial charge in [0.25, 0.3) is 5.91 Å². The van der Waals surface area contributed by atoms with Crippen LogP contribution in [0.5, 0.6) is 5.75 Å². The van der Waals surface area contributed by atoms with Gasteiger partial charge in [-0.25, -0.2) is 0 Å². The molecule has 0 unspecified atom stereocenters. The van der Waals surface area contributed by atoms with Crippen molar-refractivity contribution >= 4 is 45.0 Å². The van der Waals surface area contributed by atoms with Gasteiger partial charge < -0.3 is 15.4 Å². The van der Waals surface area contributed by atoms with Crippen molar-refractivity contribution in [3.8, 4) is 5.75 Å². The topological polar surface area (TPSA) is 67.4 Å². The van der Waals surface area contributed by atoms with Crippen molar-refractivity contribution in [3.63, 3.8) is 0 Å². The zero-order chi connectivity index (χ0) is 16.7. The van der Waals surface area contributed by atoms with Gasteiger partial charge in [0.1, 0.15) is 5.75 Å². The Balaban J connectivity index is 1.71. The summed E-state index contributed by atoms with van der Waals surface area (Å²) in [5.41, 5.74) is 0.649. The molecule has 7 heteroatoms. The van der Waals surface area contributed by atoms with E-state index < -0.39 is 0 Å². The van der Waals surface area contributed by atoms with Crippen LogP contribution in [0.3, 0.4) is 0 Å². The van der Waals surface area contributed by atoms with E-state index in [4.69, 9.17) is 16.3 Å². The first kappa shape index (κ1) is 17.3. The van der Waals surface area contributed by atoms with E-state index in [0.29, 0.717) is 16.5 Å². The zero-order valence-corrected chi connectivity index (χ0v) is 14.4. The molecule has 0 bridgehead atoms. The Morgan fingerprint density at radius 2 is 1.83 bits per heavy atom. The standard InChI is InChI=1S/C16H14BrClN2O3/c17-11-2-1-3-13(8-11)20-15(21)9-19-16(22)10-23-14-6-4-12(18)5-7-14/h1-8H,9-10H2,(H,19,22)(H,20,21). The van der Waals surface area contributed by atoms with Gasteiger partial charge in [-0.15, -0.1) is 0 Å². The van der Waals surface area contributed by atoms with Gasteiger partial charge >= 0.3 is 0 Å². The van der Waals surface area contributed by atoms with Crippen LogP contribution in [0.2, 0.25) is 5.02 Å². The van der Waals surface area contributed by atoms with Crippen molar-refractivity contribution in [3.05, 3.63) is 58.0 Å². The second kappa shape index (κ2) is 8.55. The average molecular weight is 398 g/mol. The molecule has 0 atom stereocenters. The number of nitrogens with one attached hydrogen (secondary N) is 2. The first-order valence-corrected chi connectivity index (χ1v) is 7.90. The molecule has 0 radical (unpaired) electrons. The normalized spacial score (nSPS) is 10.0. The van der Waals surface area contributed by atoms with Crippen molar-refractivity contribution in [1.82, 2.24) is 5.32 Å². The van der Waals surface area contributed by atoms with E-state index in [9.17, 15) is 9.59 Å². The molecular formula is C16H14BrClN2O3. The van der Waals surface area contributed by atoms with Crippen molar-refractivity contribution in [2.75, 3.05) is 18.5 Å². The lowest BCUT2D eigenvalue weighted by atomic mass is 10.3. The molecule has 0 aromatic heterocycles. The molecule has 2 aromatic rings. The highest BCUT2D eigenvalue weighted by molar-refractivity contribution is 9.10. The summed E-state index contributed by atoms with van der Waals surface area (Å²) in [5, 5.41) is 5.75. The highest BCUT2D eigenvalue weighted by atomic mass is 79.9. The van der Waals surface area contributed by atoms with Crippen LogP contribution in [-0.2, 0) is 9.59 Å². The maximum absolute atomic E-state index is 11.7. The summed E-state index contributed by atoms with van der Waals surface area (Å²) in [7, 11) is 0. The van der Waals surface area contributed by atoms with E-state index in [1.165, 1.54) is 0 Å². The van der Waals surface area contributed by atoms with E-state index in [1.807, 2.05) is 6.07 Å². The number of hydrogen-bond donors (Lipinski definition) is 2. The van der Waals surface area contributed by atoms with Crippen molar-refractivity contribution < 1.29 is 14.3 Å². The number of carbonyl (C=O) groups is 2. The Bertz CT molecular complexity index is 692. The van der Waals surface area contributed by atoms with Crippen LogP contribution in [-0.4, -0.2) is 25.0 Å². The highest BCUT2D eigenvalue weighted by Gasteiger charge is 2.07. The lowest BCUT2D eigenvalue weighted by Gasteiger charge is -2.08. The molecule has 0 spiro atoms. The van der Waals surface area contributed by atoms with Gasteiger partial charge in [-0.3, -0.25) is 9.59 Å². The number of anilines is 1. The molecule has 2 N–H and O–H groups in total. The fourth-order valence-electron chi connectivity index (χ4n) is 1.68. The second-order valence-corrected chi connectivity index (χ2v) is 5.93. The maximum atomic E-state index is 11.7. The minimum absolute atomic E-state index is 0.130. The lowest BCUT2D eigenvalue weighted by molar-refractivity contribution is -0.125. The third kappa shape index (κ3) is 6.30. The summed E-state index contributed by atoms with van der Waals surface area (Å²) in [5.74, 6) is -0.171. The molecule has 23 heavy (non-hydrogen) atoms. The second-order valence-electron chi connectivity index (χ2n) is 4.58. The van der Waals surface area contributed by atoms with Crippen LogP contribution in [0.4, 0.5) is 5.69 Å². The van der Waals surface area contributed by atoms with E-state index >= 15 is 0 Å². The Morgan fingerprint density at radius 3 is 2.52 bits per heavy atom. The fourth-order valence-corrected chi connectivity index (χ4v) is 2.21. The monoisotopic (exact) mass is 396 g/mol. The SMILES string of the molecule is O=C(COc1ccc(Cl)cc1)NCC(=O)Nc1cccc(Br)c1. The predicted octanol–water partition coefficient (Wildman–Crippen LogP) is 3.24. The number of benzene rings is 2. The Labute approximate surface area is 147 Å². The number of hydrogen-bond acceptors (Lipinski definition) is 3. The van der Waals surface area contributed by atoms with Gasteiger partial charge in [0.05, 0.1) is 6.54 Å². The lowest BCUT2D eigenvalue weighted by Crippen LogP contribution is -2.35. The van der Waals surface area contributed by atoms with Crippen molar-refractivity contribution in [2.45, 2.75) is 0 Å². The van der Waals surface area contributed by atoms with Gasteiger partial charge in [0.2, 0.25) is 5.91 Å². The first-order chi connectivity index (χ1) is 11.0. The van der Waals surface area contributed by atoms with Crippen molar-refractivity contribution in [1.29, 1.82) is 0 Å². The number of ether oxygens (including phenoxy) is 1. The quantitative estimate of drug-likeness (QED) is 0.786. The summed E-state index contributed by atoms with van der Waals surface area (Å²) in [4.78, 5) is 23.4. The molecule has 0 aliphatic rings. The number of carbonyl (C=O) groups excluding carboxylic acids is 2. The summed E-state index contributed by atoms with van der Waals surface area (Å²) in [6, 6.07) is 13.8. The smallest absolute Gasteiger partial charge is 0.258 e. The minimum Gasteiger partial charge on any atom is -0.484 e. The number of rotatable bonds is 6. The Hall–Kier alpha value is -2.05. The molecule has 120 valence electrons. The minimum atomic E-state index is -0.385. The van der Waals surface area contributed by atoms with Crippen LogP contribution in [0.1, 0.15) is 0 Å². The van der Waals surface area contributed by atoms with Gasteiger partial charge in [-0.1, -0.05) is 33.6 Å². The average Bonchev–Trinajstić information content (AvgIpc) is 2.52. The first-order valence-electron chi connectivity index (χ1n) is 6.73. The highest BCUT2D eigenvalue weighted by Crippen LogP contribution is 2.16.